The number of benzene rings is 2. The lowest BCUT2D eigenvalue weighted by atomic mass is 10.1. The topological polar surface area (TPSA) is 255 Å². The van der Waals surface area contributed by atoms with E-state index in [-0.39, 0.29) is 30.1 Å². The summed E-state index contributed by atoms with van der Waals surface area (Å²) in [4.78, 5) is 49.8. The van der Waals surface area contributed by atoms with Crippen LogP contribution in [0.1, 0.15) is 81.9 Å². The summed E-state index contributed by atoms with van der Waals surface area (Å²) in [6, 6.07) is 10.0. The van der Waals surface area contributed by atoms with E-state index < -0.39 is 11.8 Å². The van der Waals surface area contributed by atoms with Crippen molar-refractivity contribution in [3.05, 3.63) is 64.7 Å². The summed E-state index contributed by atoms with van der Waals surface area (Å²) >= 11 is 0. The van der Waals surface area contributed by atoms with Crippen molar-refractivity contribution < 1.29 is 28.6 Å². The monoisotopic (exact) mass is 819 g/mol. The van der Waals surface area contributed by atoms with Crippen molar-refractivity contribution in [1.29, 1.82) is 0 Å². The molecule has 0 saturated heterocycles. The van der Waals surface area contributed by atoms with Gasteiger partial charge in [0.25, 0.3) is 11.8 Å². The van der Waals surface area contributed by atoms with Gasteiger partial charge in [0.1, 0.15) is 40.5 Å². The van der Waals surface area contributed by atoms with Crippen LogP contribution in [-0.2, 0) is 24.4 Å². The second-order valence-electron chi connectivity index (χ2n) is 14.4. The lowest BCUT2D eigenvalue weighted by molar-refractivity contribution is 0.0994. The SMILES string of the molecule is CCn1nc(C)cc1C(=O)Nc1nc2cc(C(N)=O)cc(OCCCOC)c2n1CCC[C@H]1COc2cc(-c3nn[nH]n3)cc3nc(NC(=O)c4cc(C)nn4CC)n1c23. The summed E-state index contributed by atoms with van der Waals surface area (Å²) in [5.41, 5.74) is 11.1. The molecule has 0 fully saturated rings. The number of nitrogens with one attached hydrogen (secondary N) is 3. The van der Waals surface area contributed by atoms with Gasteiger partial charge in [-0.25, -0.2) is 9.97 Å². The Balaban J connectivity index is 1.15. The molecule has 2 aromatic carbocycles. The number of anilines is 2. The van der Waals surface area contributed by atoms with Gasteiger partial charge in [0.15, 0.2) is 0 Å². The van der Waals surface area contributed by atoms with Crippen LogP contribution in [0.4, 0.5) is 11.9 Å². The van der Waals surface area contributed by atoms with Crippen LogP contribution in [-0.4, -0.2) is 104 Å². The van der Waals surface area contributed by atoms with E-state index in [0.717, 1.165) is 5.69 Å². The zero-order valence-corrected chi connectivity index (χ0v) is 33.9. The number of carbonyl (C=O) groups excluding carboxylic acids is 3. The van der Waals surface area contributed by atoms with E-state index >= 15 is 0 Å². The number of nitrogens with two attached hydrogens (primary N) is 1. The van der Waals surface area contributed by atoms with E-state index in [9.17, 15) is 14.4 Å². The van der Waals surface area contributed by atoms with Crippen LogP contribution in [0, 0.1) is 13.8 Å². The molecule has 0 aliphatic carbocycles. The molecule has 5 N–H and O–H groups in total. The summed E-state index contributed by atoms with van der Waals surface area (Å²) in [7, 11) is 1.61. The maximum atomic E-state index is 13.8. The molecule has 0 spiro atoms. The number of aromatic nitrogens is 12. The molecule has 1 atom stereocenters. The van der Waals surface area contributed by atoms with Crippen LogP contribution in [0.25, 0.3) is 33.5 Å². The summed E-state index contributed by atoms with van der Waals surface area (Å²) in [5.74, 6) is 0.500. The van der Waals surface area contributed by atoms with E-state index in [1.807, 2.05) is 49.0 Å². The number of imidazole rings is 2. The van der Waals surface area contributed by atoms with Gasteiger partial charge in [0, 0.05) is 50.9 Å². The molecular weight excluding hydrogens is 775 g/mol. The molecule has 312 valence electrons. The molecule has 0 saturated carbocycles. The van der Waals surface area contributed by atoms with Crippen molar-refractivity contribution in [3.63, 3.8) is 0 Å². The zero-order chi connectivity index (χ0) is 42.1. The molecule has 0 unspecified atom stereocenters. The quantitative estimate of drug-likeness (QED) is 0.0948. The van der Waals surface area contributed by atoms with Gasteiger partial charge in [-0.1, -0.05) is 0 Å². The average Bonchev–Trinajstić information content (AvgIpc) is 4.08. The normalized spacial score (nSPS) is 13.5. The number of carbonyl (C=O) groups is 3. The van der Waals surface area contributed by atoms with Gasteiger partial charge < -0.3 is 29.1 Å². The number of nitrogens with zero attached hydrogens (tertiary/aromatic N) is 11. The highest BCUT2D eigenvalue weighted by Crippen LogP contribution is 2.40. The third-order valence-corrected chi connectivity index (χ3v) is 10.2. The minimum absolute atomic E-state index is 0.211. The maximum absolute atomic E-state index is 13.8. The predicted octanol–water partition coefficient (Wildman–Crippen LogP) is 4.05. The van der Waals surface area contributed by atoms with Crippen molar-refractivity contribution in [1.82, 2.24) is 59.3 Å². The minimum atomic E-state index is -0.646. The van der Waals surface area contributed by atoms with E-state index in [0.29, 0.717) is 120 Å². The van der Waals surface area contributed by atoms with Gasteiger partial charge in [-0.05, 0) is 82.1 Å². The van der Waals surface area contributed by atoms with Crippen molar-refractivity contribution in [2.24, 2.45) is 5.73 Å². The first kappa shape index (κ1) is 39.7. The Morgan fingerprint density at radius 1 is 0.883 bits per heavy atom. The third kappa shape index (κ3) is 7.61. The molecule has 6 heterocycles. The molecule has 1 aliphatic heterocycles. The van der Waals surface area contributed by atoms with Gasteiger partial charge in [-0.3, -0.25) is 34.4 Å². The number of ether oxygens (including phenoxy) is 3. The van der Waals surface area contributed by atoms with Crippen LogP contribution in [0.5, 0.6) is 11.5 Å². The number of amides is 3. The Bertz CT molecular complexity index is 2730. The van der Waals surface area contributed by atoms with E-state index in [1.165, 1.54) is 0 Å². The fraction of sp³-hybridized carbons (Fsp3) is 0.385. The zero-order valence-electron chi connectivity index (χ0n) is 33.9. The molecule has 21 nitrogen and oxygen atoms in total. The first-order valence-corrected chi connectivity index (χ1v) is 19.7. The smallest absolute Gasteiger partial charge is 0.276 e. The Labute approximate surface area is 342 Å². The van der Waals surface area contributed by atoms with Crippen LogP contribution in [0.15, 0.2) is 36.4 Å². The van der Waals surface area contributed by atoms with Crippen molar-refractivity contribution in [2.75, 3.05) is 37.6 Å². The number of aromatic amines is 1. The van der Waals surface area contributed by atoms with Gasteiger partial charge in [-0.15, -0.1) is 10.2 Å². The van der Waals surface area contributed by atoms with Gasteiger partial charge in [0.2, 0.25) is 23.6 Å². The fourth-order valence-electron chi connectivity index (χ4n) is 7.57. The Morgan fingerprint density at radius 3 is 2.22 bits per heavy atom. The highest BCUT2D eigenvalue weighted by molar-refractivity contribution is 6.05. The van der Waals surface area contributed by atoms with Crippen LogP contribution in [0.3, 0.4) is 0 Å². The van der Waals surface area contributed by atoms with Crippen molar-refractivity contribution in [3.8, 4) is 22.9 Å². The summed E-state index contributed by atoms with van der Waals surface area (Å²) in [5, 5.41) is 29.4. The second-order valence-corrected chi connectivity index (χ2v) is 14.4. The first-order valence-electron chi connectivity index (χ1n) is 19.7. The highest BCUT2D eigenvalue weighted by Gasteiger charge is 2.30. The standard InChI is InChI=1S/C39H45N15O6/c1-6-52-28(14-21(3)47-52)36(56)43-38-41-26-16-23(34(40)55)18-30(59-13-9-12-58-5)32(26)51(38)11-8-10-25-20-60-31-19-24(35-45-49-50-46-35)17-27-33(31)54(25)39(42-27)44-37(57)29-15-22(4)48-53(29)7-2/h14-19,25H,6-13,20H2,1-5H3,(H2,40,55)(H,41,43,56)(H,42,44,57)(H,45,46,49,50)/t25-/m0/s1. The van der Waals surface area contributed by atoms with Crippen LogP contribution >= 0.6 is 0 Å². The fourth-order valence-corrected chi connectivity index (χ4v) is 7.57. The molecule has 5 aromatic heterocycles. The molecule has 8 rings (SSSR count). The Hall–Kier alpha value is -7.16. The maximum Gasteiger partial charge on any atom is 0.276 e. The molecule has 3 amide bonds. The Kier molecular flexibility index (Phi) is 11.0. The third-order valence-electron chi connectivity index (χ3n) is 10.2. The Morgan fingerprint density at radius 2 is 1.57 bits per heavy atom. The van der Waals surface area contributed by atoms with E-state index in [1.54, 1.807) is 40.7 Å². The average molecular weight is 820 g/mol. The second kappa shape index (κ2) is 16.6. The number of fused-ring (bicyclic) bond motifs is 1. The van der Waals surface area contributed by atoms with Crippen LogP contribution in [0.2, 0.25) is 0 Å². The number of rotatable bonds is 17. The van der Waals surface area contributed by atoms with E-state index in [4.69, 9.17) is 29.9 Å². The number of methoxy groups -OCH3 is 1. The largest absolute Gasteiger partial charge is 0.491 e. The molecule has 1 aliphatic rings. The number of primary amides is 1. The first-order chi connectivity index (χ1) is 29.1. The summed E-state index contributed by atoms with van der Waals surface area (Å²) < 4.78 is 25.0. The van der Waals surface area contributed by atoms with Crippen molar-refractivity contribution >= 4 is 51.7 Å². The van der Waals surface area contributed by atoms with E-state index in [2.05, 4.69) is 41.5 Å². The number of aryl methyl sites for hydroxylation is 5. The molecule has 0 radical (unpaired) electrons. The van der Waals surface area contributed by atoms with Gasteiger partial charge >= 0.3 is 0 Å². The molecule has 60 heavy (non-hydrogen) atoms. The molecule has 0 bridgehead atoms. The molecular formula is C39H45N15O6. The molecule has 7 aromatic rings. The number of tetrazole rings is 1. The summed E-state index contributed by atoms with van der Waals surface area (Å²) in [6.45, 7) is 9.88. The summed E-state index contributed by atoms with van der Waals surface area (Å²) in [6.07, 6.45) is 1.68. The highest BCUT2D eigenvalue weighted by atomic mass is 16.5. The molecule has 21 heteroatoms. The number of hydrogen-bond donors (Lipinski definition) is 4. The van der Waals surface area contributed by atoms with Gasteiger partial charge in [-0.2, -0.15) is 15.4 Å². The lowest BCUT2D eigenvalue weighted by Crippen LogP contribution is -2.26. The van der Waals surface area contributed by atoms with Gasteiger partial charge in [0.05, 0.1) is 35.1 Å². The number of H-pyrrole nitrogens is 1. The lowest BCUT2D eigenvalue weighted by Gasteiger charge is -2.27. The predicted molar refractivity (Wildman–Crippen MR) is 218 cm³/mol. The number of hydrogen-bond acceptors (Lipinski definition) is 13. The minimum Gasteiger partial charge on any atom is -0.491 e. The van der Waals surface area contributed by atoms with Crippen LogP contribution < -0.4 is 25.8 Å². The van der Waals surface area contributed by atoms with Crippen molar-refractivity contribution in [2.45, 2.75) is 72.6 Å².